The van der Waals surface area contributed by atoms with E-state index in [2.05, 4.69) is 11.2 Å². The monoisotopic (exact) mass is 299 g/mol. The fraction of sp³-hybridized carbons (Fsp3) is 0.231. The van der Waals surface area contributed by atoms with Crippen molar-refractivity contribution in [3.05, 3.63) is 33.8 Å². The number of carbonyl (C=O) groups excluding carboxylic acids is 2. The molecular formula is C13H11Cl2NO3. The smallest absolute Gasteiger partial charge is 0.310 e. The van der Waals surface area contributed by atoms with Crippen molar-refractivity contribution in [1.29, 1.82) is 0 Å². The van der Waals surface area contributed by atoms with Crippen molar-refractivity contribution in [3.63, 3.8) is 0 Å². The highest BCUT2D eigenvalue weighted by Crippen LogP contribution is 2.24. The Kier molecular flexibility index (Phi) is 6.20. The van der Waals surface area contributed by atoms with E-state index in [0.717, 1.165) is 0 Å². The molecule has 0 fully saturated rings. The zero-order chi connectivity index (χ0) is 14.3. The summed E-state index contributed by atoms with van der Waals surface area (Å²) in [4.78, 5) is 22.7. The number of halogens is 2. The molecule has 0 aliphatic heterocycles. The maximum Gasteiger partial charge on any atom is 0.310 e. The number of rotatable bonds is 5. The van der Waals surface area contributed by atoms with Gasteiger partial charge < -0.3 is 10.1 Å². The van der Waals surface area contributed by atoms with Crippen LogP contribution >= 0.6 is 23.2 Å². The highest BCUT2D eigenvalue weighted by Gasteiger charge is 2.13. The minimum absolute atomic E-state index is 0.0900. The van der Waals surface area contributed by atoms with E-state index in [-0.39, 0.29) is 19.6 Å². The van der Waals surface area contributed by atoms with Crippen molar-refractivity contribution in [2.75, 3.05) is 13.2 Å². The average molecular weight is 300 g/mol. The minimum atomic E-state index is -0.592. The summed E-state index contributed by atoms with van der Waals surface area (Å²) >= 11 is 11.8. The van der Waals surface area contributed by atoms with Gasteiger partial charge in [0.2, 0.25) is 0 Å². The van der Waals surface area contributed by atoms with Gasteiger partial charge in [0.05, 0.1) is 13.0 Å². The van der Waals surface area contributed by atoms with E-state index in [9.17, 15) is 9.59 Å². The van der Waals surface area contributed by atoms with E-state index in [1.807, 2.05) is 0 Å². The molecule has 0 saturated heterocycles. The molecule has 19 heavy (non-hydrogen) atoms. The van der Waals surface area contributed by atoms with Crippen molar-refractivity contribution in [3.8, 4) is 12.3 Å². The second kappa shape index (κ2) is 7.67. The zero-order valence-corrected chi connectivity index (χ0v) is 11.4. The summed E-state index contributed by atoms with van der Waals surface area (Å²) in [6.45, 7) is -0.296. The summed E-state index contributed by atoms with van der Waals surface area (Å²) in [6.07, 6.45) is 4.87. The van der Waals surface area contributed by atoms with Crippen LogP contribution in [0.3, 0.4) is 0 Å². The maximum atomic E-state index is 11.5. The van der Waals surface area contributed by atoms with Gasteiger partial charge in [-0.1, -0.05) is 35.2 Å². The van der Waals surface area contributed by atoms with E-state index >= 15 is 0 Å². The van der Waals surface area contributed by atoms with Crippen molar-refractivity contribution in [2.45, 2.75) is 6.42 Å². The number of nitrogens with one attached hydrogen (secondary N) is 1. The van der Waals surface area contributed by atoms with E-state index < -0.39 is 11.9 Å². The molecule has 0 aromatic heterocycles. The molecule has 1 N–H and O–H groups in total. The highest BCUT2D eigenvalue weighted by molar-refractivity contribution is 6.36. The molecule has 1 aromatic rings. The lowest BCUT2D eigenvalue weighted by Gasteiger charge is -2.07. The largest absolute Gasteiger partial charge is 0.455 e. The summed E-state index contributed by atoms with van der Waals surface area (Å²) in [7, 11) is 0. The lowest BCUT2D eigenvalue weighted by Crippen LogP contribution is -2.29. The third-order valence-corrected chi connectivity index (χ3v) is 2.84. The lowest BCUT2D eigenvalue weighted by atomic mass is 10.1. The van der Waals surface area contributed by atoms with Crippen LogP contribution in [0, 0.1) is 12.3 Å². The normalized spacial score (nSPS) is 9.53. The van der Waals surface area contributed by atoms with Crippen LogP contribution in [0.25, 0.3) is 0 Å². The van der Waals surface area contributed by atoms with Gasteiger partial charge in [-0.15, -0.1) is 6.42 Å². The predicted octanol–water partition coefficient (Wildman–Crippen LogP) is 1.83. The molecule has 1 amide bonds. The van der Waals surface area contributed by atoms with E-state index in [0.29, 0.717) is 15.6 Å². The Morgan fingerprint density at radius 2 is 1.95 bits per heavy atom. The molecule has 6 heteroatoms. The van der Waals surface area contributed by atoms with Gasteiger partial charge in [-0.3, -0.25) is 9.59 Å². The summed E-state index contributed by atoms with van der Waals surface area (Å²) < 4.78 is 4.78. The second-order valence-corrected chi connectivity index (χ2v) is 4.33. The van der Waals surface area contributed by atoms with E-state index in [4.69, 9.17) is 34.4 Å². The number of esters is 1. The Labute approximate surface area is 121 Å². The third kappa shape index (κ3) is 5.21. The van der Waals surface area contributed by atoms with Crippen LogP contribution in [0.5, 0.6) is 0 Å². The Hall–Kier alpha value is -1.70. The van der Waals surface area contributed by atoms with E-state index in [1.165, 1.54) is 0 Å². The maximum absolute atomic E-state index is 11.5. The van der Waals surface area contributed by atoms with Gasteiger partial charge in [-0.2, -0.15) is 0 Å². The first kappa shape index (κ1) is 15.4. The molecule has 0 aliphatic rings. The van der Waals surface area contributed by atoms with Gasteiger partial charge in [-0.05, 0) is 12.1 Å². The van der Waals surface area contributed by atoms with Crippen molar-refractivity contribution in [2.24, 2.45) is 0 Å². The fourth-order valence-electron chi connectivity index (χ4n) is 1.24. The van der Waals surface area contributed by atoms with Crippen LogP contribution in [0.2, 0.25) is 10.0 Å². The SMILES string of the molecule is C#CCNC(=O)COC(=O)Cc1c(Cl)cccc1Cl. The number of benzene rings is 1. The van der Waals surface area contributed by atoms with Crippen LogP contribution in [-0.4, -0.2) is 25.0 Å². The van der Waals surface area contributed by atoms with E-state index in [1.54, 1.807) is 18.2 Å². The van der Waals surface area contributed by atoms with Gasteiger partial charge in [0.1, 0.15) is 0 Å². The topological polar surface area (TPSA) is 55.4 Å². The summed E-state index contributed by atoms with van der Waals surface area (Å²) in [5.41, 5.74) is 0.472. The van der Waals surface area contributed by atoms with Gasteiger partial charge in [0, 0.05) is 15.6 Å². The first-order valence-corrected chi connectivity index (χ1v) is 6.09. The summed E-state index contributed by atoms with van der Waals surface area (Å²) in [6, 6.07) is 4.91. The van der Waals surface area contributed by atoms with Gasteiger partial charge >= 0.3 is 5.97 Å². The lowest BCUT2D eigenvalue weighted by molar-refractivity contribution is -0.147. The molecule has 1 aromatic carbocycles. The zero-order valence-electron chi connectivity index (χ0n) is 9.91. The minimum Gasteiger partial charge on any atom is -0.455 e. The molecule has 0 unspecified atom stereocenters. The average Bonchev–Trinajstić information content (AvgIpc) is 2.38. The molecule has 0 saturated carbocycles. The molecule has 0 radical (unpaired) electrons. The number of carbonyl (C=O) groups is 2. The number of amides is 1. The Morgan fingerprint density at radius 1 is 1.32 bits per heavy atom. The van der Waals surface area contributed by atoms with Crippen LogP contribution in [0.4, 0.5) is 0 Å². The van der Waals surface area contributed by atoms with Crippen LogP contribution < -0.4 is 5.32 Å². The number of ether oxygens (including phenoxy) is 1. The highest BCUT2D eigenvalue weighted by atomic mass is 35.5. The standard InChI is InChI=1S/C13H11Cl2NO3/c1-2-6-16-12(17)8-19-13(18)7-9-10(14)4-3-5-11(9)15/h1,3-5H,6-8H2,(H,16,17). The predicted molar refractivity (Wildman–Crippen MR) is 73.0 cm³/mol. The fourth-order valence-corrected chi connectivity index (χ4v) is 1.77. The first-order valence-electron chi connectivity index (χ1n) is 5.33. The number of terminal acetylenes is 1. The van der Waals surface area contributed by atoms with Crippen LogP contribution in [0.15, 0.2) is 18.2 Å². The Bertz CT molecular complexity index is 503. The molecule has 0 bridgehead atoms. The Morgan fingerprint density at radius 3 is 2.53 bits per heavy atom. The quantitative estimate of drug-likeness (QED) is 0.667. The summed E-state index contributed by atoms with van der Waals surface area (Å²) in [5, 5.41) is 3.12. The van der Waals surface area contributed by atoms with Gasteiger partial charge in [-0.25, -0.2) is 0 Å². The second-order valence-electron chi connectivity index (χ2n) is 3.52. The first-order chi connectivity index (χ1) is 9.04. The Balaban J connectivity index is 2.48. The van der Waals surface area contributed by atoms with Gasteiger partial charge in [0.15, 0.2) is 6.61 Å². The summed E-state index contributed by atoms with van der Waals surface area (Å²) in [5.74, 6) is 1.18. The molecule has 0 heterocycles. The third-order valence-electron chi connectivity index (χ3n) is 2.13. The van der Waals surface area contributed by atoms with Crippen LogP contribution in [0.1, 0.15) is 5.56 Å². The van der Waals surface area contributed by atoms with Gasteiger partial charge in [0.25, 0.3) is 5.91 Å². The number of hydrogen-bond donors (Lipinski definition) is 1. The number of hydrogen-bond acceptors (Lipinski definition) is 3. The molecule has 1 rings (SSSR count). The van der Waals surface area contributed by atoms with Crippen molar-refractivity contribution < 1.29 is 14.3 Å². The molecule has 0 atom stereocenters. The molecule has 100 valence electrons. The molecular weight excluding hydrogens is 289 g/mol. The van der Waals surface area contributed by atoms with Crippen LogP contribution in [-0.2, 0) is 20.7 Å². The molecule has 0 aliphatic carbocycles. The molecule has 0 spiro atoms. The van der Waals surface area contributed by atoms with Crippen molar-refractivity contribution >= 4 is 35.1 Å². The molecule has 4 nitrogen and oxygen atoms in total. The van der Waals surface area contributed by atoms with Crippen molar-refractivity contribution in [1.82, 2.24) is 5.32 Å².